The van der Waals surface area contributed by atoms with Gasteiger partial charge in [-0.15, -0.1) is 0 Å². The molecule has 3 amide bonds. The van der Waals surface area contributed by atoms with E-state index in [1.54, 1.807) is 29.2 Å². The fraction of sp³-hybridized carbons (Fsp3) is 0.250. The summed E-state index contributed by atoms with van der Waals surface area (Å²) in [6, 6.07) is 18.2. The van der Waals surface area contributed by atoms with Crippen LogP contribution < -0.4 is 10.9 Å². The Balaban J connectivity index is 1.56. The van der Waals surface area contributed by atoms with Crippen LogP contribution in [-0.2, 0) is 9.59 Å². The van der Waals surface area contributed by atoms with Crippen LogP contribution in [0.4, 0.5) is 0 Å². The highest BCUT2D eigenvalue weighted by Gasteiger charge is 2.37. The lowest BCUT2D eigenvalue weighted by Crippen LogP contribution is -2.45. The maximum absolute atomic E-state index is 12.3. The van der Waals surface area contributed by atoms with E-state index in [0.29, 0.717) is 12.1 Å². The minimum absolute atomic E-state index is 0.0594. The lowest BCUT2D eigenvalue weighted by atomic mass is 10.1. The van der Waals surface area contributed by atoms with E-state index in [-0.39, 0.29) is 24.3 Å². The van der Waals surface area contributed by atoms with Gasteiger partial charge in [0, 0.05) is 18.5 Å². The summed E-state index contributed by atoms with van der Waals surface area (Å²) in [5.74, 6) is -1.29. The second kappa shape index (κ2) is 7.82. The van der Waals surface area contributed by atoms with Gasteiger partial charge in [-0.2, -0.15) is 0 Å². The molecular formula is C20H21N3O3. The monoisotopic (exact) mass is 351 g/mol. The van der Waals surface area contributed by atoms with E-state index < -0.39 is 11.8 Å². The minimum Gasteiger partial charge on any atom is -0.335 e. The molecule has 0 aromatic heterocycles. The predicted octanol–water partition coefficient (Wildman–Crippen LogP) is 2.06. The van der Waals surface area contributed by atoms with Gasteiger partial charge in [0.15, 0.2) is 0 Å². The van der Waals surface area contributed by atoms with Crippen LogP contribution >= 0.6 is 0 Å². The highest BCUT2D eigenvalue weighted by Crippen LogP contribution is 2.28. The molecule has 2 atom stereocenters. The summed E-state index contributed by atoms with van der Waals surface area (Å²) in [6.45, 7) is 2.28. The number of nitrogens with zero attached hydrogens (tertiary/aromatic N) is 1. The van der Waals surface area contributed by atoms with Crippen molar-refractivity contribution >= 4 is 17.7 Å². The third kappa shape index (κ3) is 3.91. The Bertz CT molecular complexity index is 792. The Labute approximate surface area is 152 Å². The maximum Gasteiger partial charge on any atom is 0.269 e. The highest BCUT2D eigenvalue weighted by atomic mass is 16.2. The van der Waals surface area contributed by atoms with Crippen molar-refractivity contribution in [2.24, 2.45) is 5.92 Å². The lowest BCUT2D eigenvalue weighted by Gasteiger charge is -2.25. The number of carbonyl (C=O) groups excluding carboxylic acids is 3. The quantitative estimate of drug-likeness (QED) is 0.828. The predicted molar refractivity (Wildman–Crippen MR) is 96.7 cm³/mol. The van der Waals surface area contributed by atoms with Crippen molar-refractivity contribution in [2.45, 2.75) is 19.4 Å². The van der Waals surface area contributed by atoms with Gasteiger partial charge in [0.25, 0.3) is 5.91 Å². The molecule has 1 heterocycles. The lowest BCUT2D eigenvalue weighted by molar-refractivity contribution is -0.130. The Hall–Kier alpha value is -3.15. The normalized spacial score (nSPS) is 17.7. The highest BCUT2D eigenvalue weighted by molar-refractivity contribution is 5.96. The van der Waals surface area contributed by atoms with Crippen molar-refractivity contribution in [1.29, 1.82) is 0 Å². The molecule has 0 bridgehead atoms. The first-order chi connectivity index (χ1) is 12.6. The Morgan fingerprint density at radius 1 is 1.00 bits per heavy atom. The average molecular weight is 351 g/mol. The smallest absolute Gasteiger partial charge is 0.269 e. The van der Waals surface area contributed by atoms with Gasteiger partial charge >= 0.3 is 0 Å². The van der Waals surface area contributed by atoms with Gasteiger partial charge in [-0.25, -0.2) is 0 Å². The van der Waals surface area contributed by atoms with Crippen LogP contribution in [0.2, 0.25) is 0 Å². The fourth-order valence-corrected chi connectivity index (χ4v) is 3.08. The first kappa shape index (κ1) is 17.7. The number of benzene rings is 2. The first-order valence-corrected chi connectivity index (χ1v) is 8.56. The van der Waals surface area contributed by atoms with Crippen LogP contribution in [0.5, 0.6) is 0 Å². The minimum atomic E-state index is -0.482. The molecule has 1 aliphatic rings. The van der Waals surface area contributed by atoms with E-state index in [1.807, 2.05) is 43.3 Å². The molecule has 2 aromatic carbocycles. The summed E-state index contributed by atoms with van der Waals surface area (Å²) in [5, 5.41) is 0. The second-order valence-electron chi connectivity index (χ2n) is 6.34. The average Bonchev–Trinajstić information content (AvgIpc) is 3.08. The summed E-state index contributed by atoms with van der Waals surface area (Å²) in [7, 11) is 0. The van der Waals surface area contributed by atoms with Crippen LogP contribution in [0.25, 0.3) is 0 Å². The number of nitrogens with one attached hydrogen (secondary N) is 2. The molecule has 0 radical (unpaired) electrons. The third-order valence-electron chi connectivity index (χ3n) is 4.61. The van der Waals surface area contributed by atoms with Gasteiger partial charge in [-0.3, -0.25) is 25.2 Å². The molecule has 0 aliphatic carbocycles. The molecule has 0 spiro atoms. The summed E-state index contributed by atoms with van der Waals surface area (Å²) in [6.07, 6.45) is 0.143. The van der Waals surface area contributed by atoms with Crippen molar-refractivity contribution < 1.29 is 14.4 Å². The number of likely N-dealkylation sites (tertiary alicyclic amines) is 1. The molecule has 0 saturated carbocycles. The van der Waals surface area contributed by atoms with Gasteiger partial charge in [0.1, 0.15) is 0 Å². The van der Waals surface area contributed by atoms with E-state index in [4.69, 9.17) is 0 Å². The standard InChI is InChI=1S/C20H21N3O3/c1-14(15-8-4-2-5-9-15)23-13-17(12-18(23)24)20(26)22-21-19(25)16-10-6-3-7-11-16/h2-11,14,17H,12-13H2,1H3,(H,21,25)(H,22,26)/t14-,17-/m1/s1. The van der Waals surface area contributed by atoms with Gasteiger partial charge < -0.3 is 4.90 Å². The molecular weight excluding hydrogens is 330 g/mol. The number of amides is 3. The number of carbonyl (C=O) groups is 3. The fourth-order valence-electron chi connectivity index (χ4n) is 3.08. The zero-order valence-electron chi connectivity index (χ0n) is 14.5. The van der Waals surface area contributed by atoms with E-state index in [0.717, 1.165) is 5.56 Å². The van der Waals surface area contributed by atoms with Crippen LogP contribution in [0, 0.1) is 5.92 Å². The summed E-state index contributed by atoms with van der Waals surface area (Å²) >= 11 is 0. The summed E-state index contributed by atoms with van der Waals surface area (Å²) in [4.78, 5) is 38.3. The van der Waals surface area contributed by atoms with Crippen LogP contribution in [0.3, 0.4) is 0 Å². The first-order valence-electron chi connectivity index (χ1n) is 8.56. The van der Waals surface area contributed by atoms with Crippen molar-refractivity contribution in [2.75, 3.05) is 6.54 Å². The van der Waals surface area contributed by atoms with Gasteiger partial charge in [-0.05, 0) is 24.6 Å². The van der Waals surface area contributed by atoms with Crippen LogP contribution in [0.15, 0.2) is 60.7 Å². The van der Waals surface area contributed by atoms with E-state index in [2.05, 4.69) is 10.9 Å². The van der Waals surface area contributed by atoms with Crippen molar-refractivity contribution in [3.63, 3.8) is 0 Å². The second-order valence-corrected chi connectivity index (χ2v) is 6.34. The molecule has 1 aliphatic heterocycles. The van der Waals surface area contributed by atoms with Crippen molar-refractivity contribution in [1.82, 2.24) is 15.8 Å². The summed E-state index contributed by atoms with van der Waals surface area (Å²) < 4.78 is 0. The van der Waals surface area contributed by atoms with E-state index in [1.165, 1.54) is 0 Å². The largest absolute Gasteiger partial charge is 0.335 e. The van der Waals surface area contributed by atoms with Crippen molar-refractivity contribution in [3.05, 3.63) is 71.8 Å². The Kier molecular flexibility index (Phi) is 5.31. The molecule has 26 heavy (non-hydrogen) atoms. The van der Waals surface area contributed by atoms with Crippen LogP contribution in [-0.4, -0.2) is 29.2 Å². The molecule has 6 nitrogen and oxygen atoms in total. The molecule has 134 valence electrons. The molecule has 0 unspecified atom stereocenters. The number of hydrogen-bond acceptors (Lipinski definition) is 3. The molecule has 2 aromatic rings. The molecule has 1 saturated heterocycles. The number of rotatable bonds is 4. The topological polar surface area (TPSA) is 78.5 Å². The van der Waals surface area contributed by atoms with Gasteiger partial charge in [0.2, 0.25) is 11.8 Å². The zero-order chi connectivity index (χ0) is 18.5. The van der Waals surface area contributed by atoms with Crippen molar-refractivity contribution in [3.8, 4) is 0 Å². The molecule has 2 N–H and O–H groups in total. The van der Waals surface area contributed by atoms with Crippen LogP contribution in [0.1, 0.15) is 35.3 Å². The molecule has 6 heteroatoms. The summed E-state index contributed by atoms with van der Waals surface area (Å²) in [5.41, 5.74) is 6.30. The van der Waals surface area contributed by atoms with E-state index >= 15 is 0 Å². The number of hydrazine groups is 1. The Morgan fingerprint density at radius 2 is 1.62 bits per heavy atom. The SMILES string of the molecule is C[C@H](c1ccccc1)N1C[C@H](C(=O)NNC(=O)c2ccccc2)CC1=O. The van der Waals surface area contributed by atoms with E-state index in [9.17, 15) is 14.4 Å². The third-order valence-corrected chi connectivity index (χ3v) is 4.61. The van der Waals surface area contributed by atoms with Gasteiger partial charge in [0.05, 0.1) is 12.0 Å². The maximum atomic E-state index is 12.3. The zero-order valence-corrected chi connectivity index (χ0v) is 14.5. The molecule has 3 rings (SSSR count). The Morgan fingerprint density at radius 3 is 2.27 bits per heavy atom. The number of hydrogen-bond donors (Lipinski definition) is 2. The molecule has 1 fully saturated rings. The van der Waals surface area contributed by atoms with Gasteiger partial charge in [-0.1, -0.05) is 48.5 Å².